The average Bonchev–Trinajstić information content (AvgIpc) is 2.95. The van der Waals surface area contributed by atoms with Crippen molar-refractivity contribution in [1.82, 2.24) is 0 Å². The molecule has 1 unspecified atom stereocenters. The van der Waals surface area contributed by atoms with Crippen LogP contribution in [0.2, 0.25) is 0 Å². The third-order valence-electron chi connectivity index (χ3n) is 3.99. The van der Waals surface area contributed by atoms with Gasteiger partial charge in [0.25, 0.3) is 5.91 Å². The van der Waals surface area contributed by atoms with Crippen molar-refractivity contribution in [3.8, 4) is 0 Å². The Hall–Kier alpha value is -2.18. The molecule has 1 aromatic heterocycles. The zero-order chi connectivity index (χ0) is 17.1. The van der Waals surface area contributed by atoms with Crippen molar-refractivity contribution in [2.24, 2.45) is 0 Å². The van der Waals surface area contributed by atoms with Crippen LogP contribution < -0.4 is 5.32 Å². The Kier molecular flexibility index (Phi) is 4.97. The van der Waals surface area contributed by atoms with E-state index in [-0.39, 0.29) is 12.5 Å². The molecule has 1 atom stereocenters. The number of benzene rings is 1. The molecule has 2 aromatic rings. The Balaban J connectivity index is 1.97. The van der Waals surface area contributed by atoms with Crippen LogP contribution in [-0.2, 0) is 11.2 Å². The molecule has 0 saturated heterocycles. The van der Waals surface area contributed by atoms with E-state index < -0.39 is 12.1 Å². The van der Waals surface area contributed by atoms with Crippen molar-refractivity contribution < 1.29 is 19.4 Å². The number of thiophene rings is 1. The maximum atomic E-state index is 12.4. The summed E-state index contributed by atoms with van der Waals surface area (Å²) in [5, 5.41) is 13.5. The minimum atomic E-state index is -0.589. The van der Waals surface area contributed by atoms with Gasteiger partial charge in [0.2, 0.25) is 0 Å². The summed E-state index contributed by atoms with van der Waals surface area (Å²) in [5.41, 5.74) is 1.71. The Morgan fingerprint density at radius 3 is 2.79 bits per heavy atom. The number of hydrogen-bond acceptors (Lipinski definition) is 5. The highest BCUT2D eigenvalue weighted by Gasteiger charge is 2.31. The van der Waals surface area contributed by atoms with E-state index in [4.69, 9.17) is 4.74 Å². The minimum Gasteiger partial charge on any atom is -0.462 e. The van der Waals surface area contributed by atoms with Crippen molar-refractivity contribution in [2.45, 2.75) is 32.3 Å². The molecule has 2 N–H and O–H groups in total. The molecule has 1 aliphatic rings. The van der Waals surface area contributed by atoms with Crippen LogP contribution in [0.15, 0.2) is 30.3 Å². The van der Waals surface area contributed by atoms with Crippen LogP contribution in [0.3, 0.4) is 0 Å². The fraction of sp³-hybridized carbons (Fsp3) is 0.333. The molecule has 0 bridgehead atoms. The van der Waals surface area contributed by atoms with Crippen LogP contribution in [0, 0.1) is 0 Å². The Labute approximate surface area is 144 Å². The summed E-state index contributed by atoms with van der Waals surface area (Å²) in [5.74, 6) is -0.735. The van der Waals surface area contributed by atoms with Crippen LogP contribution in [0.5, 0.6) is 0 Å². The normalized spacial score (nSPS) is 16.3. The molecular formula is C18H19NO4S. The topological polar surface area (TPSA) is 75.6 Å². The van der Waals surface area contributed by atoms with Gasteiger partial charge in [-0.25, -0.2) is 4.79 Å². The van der Waals surface area contributed by atoms with Gasteiger partial charge >= 0.3 is 5.97 Å². The van der Waals surface area contributed by atoms with Gasteiger partial charge in [0, 0.05) is 10.4 Å². The number of fused-ring (bicyclic) bond motifs is 1. The van der Waals surface area contributed by atoms with Crippen LogP contribution in [-0.4, -0.2) is 23.6 Å². The van der Waals surface area contributed by atoms with E-state index in [1.807, 2.05) is 6.07 Å². The number of carbonyl (C=O) groups excluding carboxylic acids is 2. The molecule has 5 nitrogen and oxygen atoms in total. The summed E-state index contributed by atoms with van der Waals surface area (Å²) in [4.78, 5) is 25.6. The highest BCUT2D eigenvalue weighted by molar-refractivity contribution is 7.17. The number of aliphatic hydroxyl groups excluding tert-OH is 1. The van der Waals surface area contributed by atoms with E-state index >= 15 is 0 Å². The Morgan fingerprint density at radius 2 is 2.08 bits per heavy atom. The first kappa shape index (κ1) is 16.7. The Bertz CT molecular complexity index is 754. The number of aliphatic hydroxyl groups is 1. The largest absolute Gasteiger partial charge is 0.462 e. The van der Waals surface area contributed by atoms with Crippen LogP contribution >= 0.6 is 11.3 Å². The molecule has 0 saturated carbocycles. The minimum absolute atomic E-state index is 0.262. The molecule has 1 aromatic carbocycles. The lowest BCUT2D eigenvalue weighted by Crippen LogP contribution is -2.16. The second-order valence-corrected chi connectivity index (χ2v) is 6.65. The Morgan fingerprint density at radius 1 is 1.33 bits per heavy atom. The summed E-state index contributed by atoms with van der Waals surface area (Å²) in [6.07, 6.45) is 1.60. The van der Waals surface area contributed by atoms with Gasteiger partial charge in [-0.1, -0.05) is 18.2 Å². The van der Waals surface area contributed by atoms with Crippen LogP contribution in [0.4, 0.5) is 5.00 Å². The zero-order valence-corrected chi connectivity index (χ0v) is 14.2. The third kappa shape index (κ3) is 3.20. The highest BCUT2D eigenvalue weighted by Crippen LogP contribution is 2.43. The van der Waals surface area contributed by atoms with Gasteiger partial charge in [0.15, 0.2) is 0 Å². The lowest BCUT2D eigenvalue weighted by Gasteiger charge is -2.17. The molecule has 0 spiro atoms. The second kappa shape index (κ2) is 7.15. The van der Waals surface area contributed by atoms with E-state index in [0.29, 0.717) is 29.0 Å². The molecule has 1 aliphatic carbocycles. The van der Waals surface area contributed by atoms with Crippen molar-refractivity contribution in [3.63, 3.8) is 0 Å². The molecule has 126 valence electrons. The number of carbonyl (C=O) groups is 2. The third-order valence-corrected chi connectivity index (χ3v) is 5.24. The average molecular weight is 345 g/mol. The quantitative estimate of drug-likeness (QED) is 0.831. The lowest BCUT2D eigenvalue weighted by molar-refractivity contribution is 0.0526. The predicted molar refractivity (Wildman–Crippen MR) is 92.6 cm³/mol. The van der Waals surface area contributed by atoms with Gasteiger partial charge in [-0.2, -0.15) is 0 Å². The van der Waals surface area contributed by atoms with E-state index in [1.54, 1.807) is 31.2 Å². The molecule has 0 radical (unpaired) electrons. The second-order valence-electron chi connectivity index (χ2n) is 5.60. The number of ether oxygens (including phenoxy) is 1. The van der Waals surface area contributed by atoms with Crippen LogP contribution in [0.25, 0.3) is 0 Å². The first-order valence-electron chi connectivity index (χ1n) is 7.99. The number of esters is 1. The van der Waals surface area contributed by atoms with Gasteiger partial charge in [0.1, 0.15) is 5.00 Å². The molecule has 3 rings (SSSR count). The molecular weight excluding hydrogens is 326 g/mol. The van der Waals surface area contributed by atoms with Crippen LogP contribution in [0.1, 0.15) is 57.0 Å². The van der Waals surface area contributed by atoms with Crippen molar-refractivity contribution >= 4 is 28.2 Å². The number of rotatable bonds is 4. The molecule has 1 heterocycles. The number of amides is 1. The lowest BCUT2D eigenvalue weighted by atomic mass is 9.93. The standard InChI is InChI=1S/C18H19NO4S/c1-2-23-18(22)14-12-9-6-10-13(20)15(12)24-17(14)19-16(21)11-7-4-3-5-8-11/h3-5,7-8,13,20H,2,6,9-10H2,1H3,(H,19,21). The monoisotopic (exact) mass is 345 g/mol. The van der Waals surface area contributed by atoms with Gasteiger partial charge in [-0.05, 0) is 43.9 Å². The highest BCUT2D eigenvalue weighted by atomic mass is 32.1. The molecule has 6 heteroatoms. The first-order valence-corrected chi connectivity index (χ1v) is 8.80. The number of hydrogen-bond donors (Lipinski definition) is 2. The molecule has 0 aliphatic heterocycles. The van der Waals surface area contributed by atoms with E-state index in [1.165, 1.54) is 11.3 Å². The van der Waals surface area contributed by atoms with Gasteiger partial charge < -0.3 is 15.2 Å². The summed E-state index contributed by atoms with van der Waals surface area (Å²) in [6, 6.07) is 8.82. The first-order chi connectivity index (χ1) is 11.6. The molecule has 24 heavy (non-hydrogen) atoms. The van der Waals surface area contributed by atoms with E-state index in [9.17, 15) is 14.7 Å². The summed E-state index contributed by atoms with van der Waals surface area (Å²) in [7, 11) is 0. The summed E-state index contributed by atoms with van der Waals surface area (Å²) < 4.78 is 5.15. The SMILES string of the molecule is CCOC(=O)c1c(NC(=O)c2ccccc2)sc2c1CCCC2O. The summed E-state index contributed by atoms with van der Waals surface area (Å²) >= 11 is 1.26. The maximum Gasteiger partial charge on any atom is 0.341 e. The van der Waals surface area contributed by atoms with E-state index in [0.717, 1.165) is 16.9 Å². The van der Waals surface area contributed by atoms with E-state index in [2.05, 4.69) is 5.32 Å². The number of nitrogens with one attached hydrogen (secondary N) is 1. The van der Waals surface area contributed by atoms with Crippen molar-refractivity contribution in [2.75, 3.05) is 11.9 Å². The molecule has 0 fully saturated rings. The van der Waals surface area contributed by atoms with Gasteiger partial charge in [-0.3, -0.25) is 4.79 Å². The summed E-state index contributed by atoms with van der Waals surface area (Å²) in [6.45, 7) is 2.01. The fourth-order valence-electron chi connectivity index (χ4n) is 2.88. The van der Waals surface area contributed by atoms with Gasteiger partial charge in [-0.15, -0.1) is 11.3 Å². The molecule has 1 amide bonds. The predicted octanol–water partition coefficient (Wildman–Crippen LogP) is 3.55. The maximum absolute atomic E-state index is 12.4. The van der Waals surface area contributed by atoms with Crippen molar-refractivity contribution in [1.29, 1.82) is 0 Å². The smallest absolute Gasteiger partial charge is 0.341 e. The number of anilines is 1. The van der Waals surface area contributed by atoms with Gasteiger partial charge in [0.05, 0.1) is 18.3 Å². The van der Waals surface area contributed by atoms with Crippen molar-refractivity contribution in [3.05, 3.63) is 51.9 Å². The fourth-order valence-corrected chi connectivity index (χ4v) is 4.13. The zero-order valence-electron chi connectivity index (χ0n) is 13.4.